The van der Waals surface area contributed by atoms with Crippen LogP contribution in [0.4, 0.5) is 9.59 Å². The summed E-state index contributed by atoms with van der Waals surface area (Å²) in [4.78, 5) is 32.7. The zero-order valence-corrected chi connectivity index (χ0v) is 23.6. The molecule has 0 aliphatic rings. The van der Waals surface area contributed by atoms with Crippen LogP contribution in [0.1, 0.15) is 64.7 Å². The maximum absolute atomic E-state index is 12.3. The van der Waals surface area contributed by atoms with Crippen LogP contribution in [0.25, 0.3) is 11.1 Å². The Balaban J connectivity index is 1.65. The first kappa shape index (κ1) is 30.5. The fourth-order valence-electron chi connectivity index (χ4n) is 3.57. The third-order valence-electron chi connectivity index (χ3n) is 5.31. The topological polar surface area (TPSA) is 173 Å². The second-order valence-electron chi connectivity index (χ2n) is 11.2. The number of aliphatic hydroxyl groups is 1. The van der Waals surface area contributed by atoms with Crippen molar-refractivity contribution in [2.75, 3.05) is 0 Å². The molecule has 0 aliphatic carbocycles. The first-order chi connectivity index (χ1) is 18.7. The van der Waals surface area contributed by atoms with Crippen LogP contribution in [0.5, 0.6) is 0 Å². The van der Waals surface area contributed by atoms with Crippen molar-refractivity contribution >= 4 is 29.2 Å². The van der Waals surface area contributed by atoms with Crippen LogP contribution in [-0.4, -0.2) is 45.5 Å². The highest BCUT2D eigenvalue weighted by Crippen LogP contribution is 2.23. The lowest BCUT2D eigenvalue weighted by molar-refractivity contribution is 0.0560. The van der Waals surface area contributed by atoms with Gasteiger partial charge in [0, 0.05) is 6.54 Å². The summed E-state index contributed by atoms with van der Waals surface area (Å²) >= 11 is 0. The molecule has 2 amide bonds. The van der Waals surface area contributed by atoms with Gasteiger partial charge in [0.25, 0.3) is 0 Å². The maximum Gasteiger partial charge on any atom is 0.437 e. The van der Waals surface area contributed by atoms with E-state index in [2.05, 4.69) is 26.0 Å². The van der Waals surface area contributed by atoms with E-state index in [1.54, 1.807) is 53.7 Å². The van der Waals surface area contributed by atoms with Gasteiger partial charge in [0.05, 0.1) is 6.04 Å². The number of carbonyl (C=O) groups excluding carboxylic acids is 2. The molecule has 12 nitrogen and oxygen atoms in total. The van der Waals surface area contributed by atoms with Gasteiger partial charge in [-0.2, -0.15) is 0 Å². The Kier molecular flexibility index (Phi) is 9.85. The van der Waals surface area contributed by atoms with Crippen LogP contribution in [0.3, 0.4) is 0 Å². The molecular weight excluding hydrogens is 516 g/mol. The summed E-state index contributed by atoms with van der Waals surface area (Å²) in [5, 5.41) is 16.2. The second kappa shape index (κ2) is 12.9. The van der Waals surface area contributed by atoms with E-state index in [9.17, 15) is 14.7 Å². The van der Waals surface area contributed by atoms with E-state index in [0.717, 1.165) is 11.1 Å². The Morgan fingerprint density at radius 1 is 1.00 bits per heavy atom. The number of aliphatic imine (C=N–C) groups is 1. The number of carbonyl (C=O) groups is 2. The molecule has 2 aromatic carbocycles. The summed E-state index contributed by atoms with van der Waals surface area (Å²) in [5.74, 6) is 5.80. The molecule has 0 saturated carbocycles. The number of hydrazine groups is 1. The molecule has 0 fully saturated rings. The summed E-state index contributed by atoms with van der Waals surface area (Å²) in [6, 6.07) is 14.2. The number of amides is 2. The average molecular weight is 555 g/mol. The number of oxazole rings is 1. The Bertz CT molecular complexity index is 1290. The molecule has 0 aliphatic heterocycles. The van der Waals surface area contributed by atoms with E-state index in [1.165, 1.54) is 0 Å². The molecule has 0 saturated heterocycles. The van der Waals surface area contributed by atoms with Gasteiger partial charge in [-0.25, -0.2) is 14.6 Å². The van der Waals surface area contributed by atoms with Crippen molar-refractivity contribution in [1.29, 1.82) is 0 Å². The van der Waals surface area contributed by atoms with Crippen molar-refractivity contribution in [1.82, 2.24) is 21.0 Å². The van der Waals surface area contributed by atoms with Crippen molar-refractivity contribution in [3.8, 4) is 0 Å². The predicted octanol–water partition coefficient (Wildman–Crippen LogP) is 3.84. The molecule has 216 valence electrons. The average Bonchev–Trinajstić information content (AvgIpc) is 3.28. The number of rotatable bonds is 7. The van der Waals surface area contributed by atoms with Crippen LogP contribution in [0, 0.1) is 0 Å². The van der Waals surface area contributed by atoms with E-state index in [4.69, 9.17) is 19.7 Å². The fraction of sp³-hybridized carbons (Fsp3) is 0.429. The number of aliphatic hydroxyl groups excluding tert-OH is 1. The monoisotopic (exact) mass is 554 g/mol. The summed E-state index contributed by atoms with van der Waals surface area (Å²) in [7, 11) is 0. The van der Waals surface area contributed by atoms with Gasteiger partial charge >= 0.3 is 12.2 Å². The summed E-state index contributed by atoms with van der Waals surface area (Å²) in [5.41, 5.74) is 4.13. The zero-order chi connectivity index (χ0) is 29.5. The summed E-state index contributed by atoms with van der Waals surface area (Å²) in [6.07, 6.45) is -2.30. The van der Waals surface area contributed by atoms with Crippen LogP contribution in [0.15, 0.2) is 57.9 Å². The highest BCUT2D eigenvalue weighted by Gasteiger charge is 2.25. The summed E-state index contributed by atoms with van der Waals surface area (Å²) in [6.45, 7) is 10.6. The number of nitrogens with one attached hydrogen (secondary N) is 3. The van der Waals surface area contributed by atoms with Crippen molar-refractivity contribution < 1.29 is 28.6 Å². The number of nitrogens with two attached hydrogens (primary N) is 1. The SMILES string of the molecule is CC(C)(C)OC(=O)/N=C(/NCc1ccc(C[C@H](NN)C(O)c2nc3ccccc3o2)cc1)NC(=O)OC(C)(C)C. The minimum atomic E-state index is -1.07. The van der Waals surface area contributed by atoms with Crippen LogP contribution < -0.4 is 21.9 Å². The van der Waals surface area contributed by atoms with Gasteiger partial charge in [0.15, 0.2) is 5.58 Å². The molecule has 6 N–H and O–H groups in total. The number of guanidine groups is 1. The van der Waals surface area contributed by atoms with E-state index in [-0.39, 0.29) is 18.4 Å². The molecule has 3 rings (SSSR count). The molecule has 1 aromatic heterocycles. The van der Waals surface area contributed by atoms with E-state index in [0.29, 0.717) is 17.5 Å². The lowest BCUT2D eigenvalue weighted by atomic mass is 10.0. The normalized spacial score (nSPS) is 13.9. The number of benzene rings is 2. The number of para-hydroxylation sites is 2. The van der Waals surface area contributed by atoms with Crippen LogP contribution >= 0.6 is 0 Å². The largest absolute Gasteiger partial charge is 0.444 e. The Labute approximate surface area is 233 Å². The van der Waals surface area contributed by atoms with Crippen molar-refractivity contribution in [2.24, 2.45) is 10.8 Å². The predicted molar refractivity (Wildman–Crippen MR) is 150 cm³/mol. The number of fused-ring (bicyclic) bond motifs is 1. The number of ether oxygens (including phenoxy) is 2. The van der Waals surface area contributed by atoms with Gasteiger partial charge in [-0.05, 0) is 71.2 Å². The Morgan fingerprint density at radius 3 is 2.23 bits per heavy atom. The third kappa shape index (κ3) is 9.63. The molecule has 12 heteroatoms. The highest BCUT2D eigenvalue weighted by atomic mass is 16.6. The van der Waals surface area contributed by atoms with Crippen molar-refractivity contribution in [2.45, 2.75) is 77.9 Å². The van der Waals surface area contributed by atoms with E-state index in [1.807, 2.05) is 36.4 Å². The van der Waals surface area contributed by atoms with Crippen LogP contribution in [-0.2, 0) is 22.4 Å². The van der Waals surface area contributed by atoms with E-state index < -0.39 is 35.5 Å². The van der Waals surface area contributed by atoms with Gasteiger partial charge in [-0.1, -0.05) is 36.4 Å². The minimum Gasteiger partial charge on any atom is -0.444 e. The molecule has 1 unspecified atom stereocenters. The number of aromatic nitrogens is 1. The van der Waals surface area contributed by atoms with Gasteiger partial charge in [-0.15, -0.1) is 4.99 Å². The standard InChI is InChI=1S/C28H38N6O6/c1-27(2,3)39-25(36)32-24(33-26(37)40-28(4,5)6)30-16-18-13-11-17(12-14-18)15-20(34-29)22(35)23-31-19-9-7-8-10-21(19)38-23/h7-14,20,22,34-35H,15-16,29H2,1-6H3,(H2,30,32,33,36,37)/t20-,22?/m0/s1. The smallest absolute Gasteiger partial charge is 0.437 e. The quantitative estimate of drug-likeness (QED) is 0.125. The first-order valence-corrected chi connectivity index (χ1v) is 12.9. The molecule has 40 heavy (non-hydrogen) atoms. The molecule has 0 bridgehead atoms. The van der Waals surface area contributed by atoms with Gasteiger partial charge < -0.3 is 24.3 Å². The molecule has 1 heterocycles. The molecule has 2 atom stereocenters. The third-order valence-corrected chi connectivity index (χ3v) is 5.31. The second-order valence-corrected chi connectivity index (χ2v) is 11.2. The van der Waals surface area contributed by atoms with Gasteiger partial charge in [0.2, 0.25) is 11.9 Å². The fourth-order valence-corrected chi connectivity index (χ4v) is 3.57. The van der Waals surface area contributed by atoms with E-state index >= 15 is 0 Å². The van der Waals surface area contributed by atoms with Crippen LogP contribution in [0.2, 0.25) is 0 Å². The van der Waals surface area contributed by atoms with Crippen molar-refractivity contribution in [3.63, 3.8) is 0 Å². The molecule has 0 radical (unpaired) electrons. The minimum absolute atomic E-state index is 0.110. The molecule has 0 spiro atoms. The summed E-state index contributed by atoms with van der Waals surface area (Å²) < 4.78 is 16.2. The van der Waals surface area contributed by atoms with Crippen molar-refractivity contribution in [3.05, 3.63) is 65.5 Å². The number of alkyl carbamates (subject to hydrolysis) is 1. The zero-order valence-electron chi connectivity index (χ0n) is 23.6. The molecule has 3 aromatic rings. The Hall–Kier alpha value is -4.00. The maximum atomic E-state index is 12.3. The first-order valence-electron chi connectivity index (χ1n) is 12.9. The number of hydrogen-bond donors (Lipinski definition) is 5. The number of hydrogen-bond acceptors (Lipinski definition) is 9. The number of nitrogens with zero attached hydrogens (tertiary/aromatic N) is 2. The lowest BCUT2D eigenvalue weighted by Gasteiger charge is -2.21. The Morgan fingerprint density at radius 2 is 1.62 bits per heavy atom. The van der Waals surface area contributed by atoms with Gasteiger partial charge in [-0.3, -0.25) is 16.6 Å². The molecular formula is C28H38N6O6. The van der Waals surface area contributed by atoms with Gasteiger partial charge in [0.1, 0.15) is 22.8 Å². The highest BCUT2D eigenvalue weighted by molar-refractivity contribution is 5.98. The lowest BCUT2D eigenvalue weighted by Crippen LogP contribution is -2.44.